The lowest BCUT2D eigenvalue weighted by molar-refractivity contribution is -0.116. The van der Waals surface area contributed by atoms with Gasteiger partial charge in [0.2, 0.25) is 5.62 Å². The van der Waals surface area contributed by atoms with E-state index >= 15 is 0 Å². The number of carbonyl (C=O) groups is 1. The Morgan fingerprint density at radius 3 is 2.35 bits per heavy atom. The maximum absolute atomic E-state index is 11.8. The highest BCUT2D eigenvalue weighted by atomic mass is 16.1. The molecule has 0 saturated heterocycles. The zero-order valence-electron chi connectivity index (χ0n) is 19.6. The zero-order chi connectivity index (χ0) is 24.2. The summed E-state index contributed by atoms with van der Waals surface area (Å²) in [5.41, 5.74) is 6.35. The molecular weight excluding hydrogens is 424 g/mol. The Morgan fingerprint density at radius 2 is 1.71 bits per heavy atom. The molecule has 0 aliphatic carbocycles. The first-order chi connectivity index (χ1) is 16.4. The average Bonchev–Trinajstić information content (AvgIpc) is 3.14. The van der Waals surface area contributed by atoms with Crippen LogP contribution in [-0.2, 0) is 11.2 Å². The summed E-state index contributed by atoms with van der Waals surface area (Å²) in [6.07, 6.45) is 2.30. The van der Waals surface area contributed by atoms with Crippen molar-refractivity contribution in [3.63, 3.8) is 0 Å². The van der Waals surface area contributed by atoms with Crippen LogP contribution in [0.2, 0.25) is 0 Å². The van der Waals surface area contributed by atoms with E-state index < -0.39 is 5.91 Å². The molecule has 2 aromatic heterocycles. The number of rotatable bonds is 7. The summed E-state index contributed by atoms with van der Waals surface area (Å²) in [5.74, 6) is -0.689. The van der Waals surface area contributed by atoms with Gasteiger partial charge in [0.05, 0.1) is 17.6 Å². The number of aryl methyl sites for hydroxylation is 2. The third-order valence-corrected chi connectivity index (χ3v) is 6.21. The first-order valence-corrected chi connectivity index (χ1v) is 11.3. The predicted octanol–water partition coefficient (Wildman–Crippen LogP) is 3.97. The van der Waals surface area contributed by atoms with Gasteiger partial charge in [0, 0.05) is 12.7 Å². The molecule has 0 aliphatic heterocycles. The van der Waals surface area contributed by atoms with E-state index in [4.69, 9.17) is 10.7 Å². The maximum atomic E-state index is 11.8. The largest absolute Gasteiger partial charge is 0.341 e. The van der Waals surface area contributed by atoms with Crippen molar-refractivity contribution in [1.82, 2.24) is 19.4 Å². The van der Waals surface area contributed by atoms with Gasteiger partial charge in [-0.15, -0.1) is 0 Å². The minimum atomic E-state index is -0.689. The Labute approximate surface area is 198 Å². The molecule has 1 unspecified atom stereocenters. The molecular formula is C27H28N6O. The Bertz CT molecular complexity index is 1410. The van der Waals surface area contributed by atoms with Gasteiger partial charge < -0.3 is 9.88 Å². The van der Waals surface area contributed by atoms with Gasteiger partial charge in [-0.3, -0.25) is 14.8 Å². The van der Waals surface area contributed by atoms with Crippen LogP contribution in [0.25, 0.3) is 11.2 Å². The van der Waals surface area contributed by atoms with Crippen LogP contribution in [0.5, 0.6) is 0 Å². The summed E-state index contributed by atoms with van der Waals surface area (Å²) in [6.45, 7) is 6.38. The van der Waals surface area contributed by atoms with E-state index in [0.29, 0.717) is 17.7 Å². The highest BCUT2D eigenvalue weighted by Crippen LogP contribution is 2.25. The van der Waals surface area contributed by atoms with E-state index in [-0.39, 0.29) is 18.6 Å². The van der Waals surface area contributed by atoms with Crippen LogP contribution < -0.4 is 10.9 Å². The number of imidazole rings is 1. The topological polar surface area (TPSA) is 99.5 Å². The fourth-order valence-electron chi connectivity index (χ4n) is 4.33. The molecule has 2 N–H and O–H groups in total. The molecule has 2 aromatic carbocycles. The van der Waals surface area contributed by atoms with Crippen molar-refractivity contribution in [3.05, 3.63) is 94.7 Å². The van der Waals surface area contributed by atoms with Crippen LogP contribution in [0.4, 0.5) is 0 Å². The van der Waals surface area contributed by atoms with E-state index in [9.17, 15) is 4.79 Å². The third-order valence-electron chi connectivity index (χ3n) is 6.21. The van der Waals surface area contributed by atoms with Crippen LogP contribution in [0.1, 0.15) is 41.3 Å². The molecule has 0 aliphatic rings. The molecule has 172 valence electrons. The average molecular weight is 453 g/mol. The lowest BCUT2D eigenvalue weighted by Gasteiger charge is -2.20. The lowest BCUT2D eigenvalue weighted by atomic mass is 10.0. The molecule has 7 heteroatoms. The first kappa shape index (κ1) is 23.0. The minimum Gasteiger partial charge on any atom is -0.341 e. The summed E-state index contributed by atoms with van der Waals surface area (Å²) in [4.78, 5) is 16.4. The van der Waals surface area contributed by atoms with Gasteiger partial charge in [0.25, 0.3) is 0 Å². The number of pyridine rings is 1. The van der Waals surface area contributed by atoms with Gasteiger partial charge in [0.15, 0.2) is 11.7 Å². The van der Waals surface area contributed by atoms with Gasteiger partial charge in [-0.25, -0.2) is 4.98 Å². The summed E-state index contributed by atoms with van der Waals surface area (Å²) < 4.78 is 3.85. The van der Waals surface area contributed by atoms with Crippen molar-refractivity contribution in [2.75, 3.05) is 6.54 Å². The summed E-state index contributed by atoms with van der Waals surface area (Å²) in [7, 11) is 0. The highest BCUT2D eigenvalue weighted by Gasteiger charge is 2.23. The fraction of sp³-hybridized carbons (Fsp3) is 0.259. The van der Waals surface area contributed by atoms with E-state index in [2.05, 4.69) is 60.5 Å². The van der Waals surface area contributed by atoms with E-state index in [1.807, 2.05) is 40.3 Å². The van der Waals surface area contributed by atoms with Crippen molar-refractivity contribution in [2.24, 2.45) is 0 Å². The summed E-state index contributed by atoms with van der Waals surface area (Å²) in [6, 6.07) is 21.6. The van der Waals surface area contributed by atoms with Gasteiger partial charge in [-0.05, 0) is 50.5 Å². The Kier molecular flexibility index (Phi) is 6.60. The molecule has 4 rings (SSSR count). The van der Waals surface area contributed by atoms with Crippen LogP contribution in [-0.4, -0.2) is 26.6 Å². The molecule has 0 fully saturated rings. The maximum Gasteiger partial charge on any atom is 0.322 e. The van der Waals surface area contributed by atoms with Crippen LogP contribution in [0.15, 0.2) is 66.9 Å². The molecule has 4 aromatic rings. The second-order valence-corrected chi connectivity index (χ2v) is 8.66. The third kappa shape index (κ3) is 4.62. The van der Waals surface area contributed by atoms with Gasteiger partial charge in [0.1, 0.15) is 0 Å². The number of benzene rings is 2. The van der Waals surface area contributed by atoms with Crippen molar-refractivity contribution in [2.45, 2.75) is 39.3 Å². The Morgan fingerprint density at radius 1 is 1.06 bits per heavy atom. The van der Waals surface area contributed by atoms with Gasteiger partial charge in [-0.1, -0.05) is 59.7 Å². The molecule has 34 heavy (non-hydrogen) atoms. The number of amides is 1. The second-order valence-electron chi connectivity index (χ2n) is 8.66. The van der Waals surface area contributed by atoms with Gasteiger partial charge >= 0.3 is 5.91 Å². The molecule has 2 atom stereocenters. The standard InChI is InChI=1S/C27H28N6O/c1-18-6-10-21(11-7-18)15-23(17-31-25(34)16-28)33-26-24(5-4-14-30-26)32(27(33)29)20(3)22-12-8-19(2)9-13-22/h4-14,20,23,29H,15,17H2,1-3H3,(H,31,34)/t20?,23-/m0/s1. The Balaban J connectivity index is 1.83. The van der Waals surface area contributed by atoms with E-state index in [1.165, 1.54) is 5.56 Å². The summed E-state index contributed by atoms with van der Waals surface area (Å²) in [5, 5.41) is 20.8. The van der Waals surface area contributed by atoms with Crippen LogP contribution in [0, 0.1) is 30.6 Å². The van der Waals surface area contributed by atoms with Crippen molar-refractivity contribution < 1.29 is 4.79 Å². The van der Waals surface area contributed by atoms with E-state index in [1.54, 1.807) is 12.3 Å². The Hall–Kier alpha value is -4.18. The second kappa shape index (κ2) is 9.75. The highest BCUT2D eigenvalue weighted by molar-refractivity contribution is 5.91. The molecule has 0 bridgehead atoms. The molecule has 2 heterocycles. The number of nitrogens with one attached hydrogen (secondary N) is 2. The summed E-state index contributed by atoms with van der Waals surface area (Å²) >= 11 is 0. The van der Waals surface area contributed by atoms with E-state index in [0.717, 1.165) is 22.2 Å². The lowest BCUT2D eigenvalue weighted by Crippen LogP contribution is -2.37. The normalized spacial score (nSPS) is 12.8. The number of nitrogens with zero attached hydrogens (tertiary/aromatic N) is 4. The van der Waals surface area contributed by atoms with Crippen LogP contribution >= 0.6 is 0 Å². The molecule has 7 nitrogen and oxygen atoms in total. The SMILES string of the molecule is Cc1ccc(C[C@@H](CNC(=O)C#N)n2c(=N)n(C(C)c3ccc(C)cc3)c3cccnc32)cc1. The number of aromatic nitrogens is 3. The number of carbonyl (C=O) groups excluding carboxylic acids is 1. The van der Waals surface area contributed by atoms with Gasteiger partial charge in [-0.2, -0.15) is 5.26 Å². The molecule has 1 amide bonds. The first-order valence-electron chi connectivity index (χ1n) is 11.3. The van der Waals surface area contributed by atoms with Crippen molar-refractivity contribution in [1.29, 1.82) is 10.7 Å². The van der Waals surface area contributed by atoms with Crippen molar-refractivity contribution in [3.8, 4) is 6.07 Å². The minimum absolute atomic E-state index is 0.0882. The predicted molar refractivity (Wildman–Crippen MR) is 131 cm³/mol. The molecule has 0 saturated carbocycles. The molecule has 0 spiro atoms. The zero-order valence-corrected chi connectivity index (χ0v) is 19.6. The smallest absolute Gasteiger partial charge is 0.322 e. The van der Waals surface area contributed by atoms with Crippen molar-refractivity contribution >= 4 is 17.1 Å². The number of hydrogen-bond donors (Lipinski definition) is 2. The fourth-order valence-corrected chi connectivity index (χ4v) is 4.33. The number of fused-ring (bicyclic) bond motifs is 1. The number of nitriles is 1. The molecule has 0 radical (unpaired) electrons. The van der Waals surface area contributed by atoms with Crippen LogP contribution in [0.3, 0.4) is 0 Å². The monoisotopic (exact) mass is 452 g/mol. The number of hydrogen-bond acceptors (Lipinski definition) is 4. The quantitative estimate of drug-likeness (QED) is 0.415.